The molecule has 0 atom stereocenters. The minimum Gasteiger partial charge on any atom is -0.383 e. The lowest BCUT2D eigenvalue weighted by molar-refractivity contribution is 0.272. The van der Waals surface area contributed by atoms with Gasteiger partial charge in [-0.25, -0.2) is 4.98 Å². The van der Waals surface area contributed by atoms with Crippen LogP contribution < -0.4 is 11.1 Å². The number of nitrogen functional groups attached to an aromatic ring is 1. The Kier molecular flexibility index (Phi) is 4.81. The molecule has 4 nitrogen and oxygen atoms in total. The highest BCUT2D eigenvalue weighted by atomic mass is 15.1. The molecule has 4 rings (SSSR count). The topological polar surface area (TPSA) is 63.8 Å². The summed E-state index contributed by atoms with van der Waals surface area (Å²) < 4.78 is 0. The van der Waals surface area contributed by atoms with Gasteiger partial charge in [0.25, 0.3) is 0 Å². The highest BCUT2D eigenvalue weighted by Gasteiger charge is 2.33. The monoisotopic (exact) mass is 386 g/mol. The molecule has 0 bridgehead atoms. The number of hydrogen-bond acceptors (Lipinski definition) is 4. The van der Waals surface area contributed by atoms with Gasteiger partial charge in [0, 0.05) is 16.8 Å². The zero-order valence-electron chi connectivity index (χ0n) is 17.8. The van der Waals surface area contributed by atoms with E-state index in [1.807, 2.05) is 18.2 Å². The lowest BCUT2D eigenvalue weighted by Gasteiger charge is -2.39. The summed E-state index contributed by atoms with van der Waals surface area (Å²) in [4.78, 5) is 9.44. The molecule has 4 heteroatoms. The Bertz CT molecular complexity index is 997. The fraction of sp³-hybridized carbons (Fsp3) is 0.360. The Hall–Kier alpha value is -2.88. The van der Waals surface area contributed by atoms with Crippen molar-refractivity contribution >= 4 is 17.5 Å². The average Bonchev–Trinajstić information content (AvgIpc) is 2.66. The van der Waals surface area contributed by atoms with Gasteiger partial charge in [0.2, 0.25) is 5.95 Å². The number of hydrogen-bond donors (Lipinski definition) is 2. The number of nitrogens with two attached hydrogens (primary N) is 1. The van der Waals surface area contributed by atoms with Crippen LogP contribution in [0.2, 0.25) is 0 Å². The lowest BCUT2D eigenvalue weighted by Crippen LogP contribution is -2.30. The molecule has 3 N–H and O–H groups in total. The zero-order valence-corrected chi connectivity index (χ0v) is 17.8. The summed E-state index contributed by atoms with van der Waals surface area (Å²) in [6, 6.07) is 18.8. The highest BCUT2D eigenvalue weighted by Crippen LogP contribution is 2.43. The van der Waals surface area contributed by atoms with Crippen molar-refractivity contribution < 1.29 is 0 Å². The van der Waals surface area contributed by atoms with E-state index < -0.39 is 0 Å². The van der Waals surface area contributed by atoms with Crippen molar-refractivity contribution in [3.63, 3.8) is 0 Å². The third-order valence-electron chi connectivity index (χ3n) is 6.03. The van der Waals surface area contributed by atoms with E-state index in [9.17, 15) is 0 Å². The summed E-state index contributed by atoms with van der Waals surface area (Å²) in [7, 11) is 0. The van der Waals surface area contributed by atoms with Crippen LogP contribution in [-0.4, -0.2) is 9.97 Å². The number of benzene rings is 2. The van der Waals surface area contributed by atoms with Crippen LogP contribution in [0.15, 0.2) is 54.6 Å². The van der Waals surface area contributed by atoms with E-state index in [-0.39, 0.29) is 5.41 Å². The number of aromatic nitrogens is 2. The van der Waals surface area contributed by atoms with Gasteiger partial charge in [-0.2, -0.15) is 4.98 Å². The van der Waals surface area contributed by atoms with Crippen LogP contribution in [0.1, 0.15) is 58.1 Å². The molecule has 29 heavy (non-hydrogen) atoms. The van der Waals surface area contributed by atoms with Crippen LogP contribution in [0.25, 0.3) is 11.3 Å². The summed E-state index contributed by atoms with van der Waals surface area (Å²) in [6.45, 7) is 8.77. The second kappa shape index (κ2) is 7.18. The molecule has 0 spiro atoms. The van der Waals surface area contributed by atoms with E-state index in [2.05, 4.69) is 74.4 Å². The van der Waals surface area contributed by atoms with Crippen molar-refractivity contribution in [2.24, 2.45) is 0 Å². The third-order valence-corrected chi connectivity index (χ3v) is 6.03. The third kappa shape index (κ3) is 3.84. The van der Waals surface area contributed by atoms with E-state index in [0.717, 1.165) is 22.5 Å². The van der Waals surface area contributed by atoms with E-state index >= 15 is 0 Å². The van der Waals surface area contributed by atoms with Crippen molar-refractivity contribution in [3.05, 3.63) is 65.7 Å². The quantitative estimate of drug-likeness (QED) is 0.559. The maximum atomic E-state index is 6.42. The molecule has 0 unspecified atom stereocenters. The van der Waals surface area contributed by atoms with E-state index in [0.29, 0.717) is 17.2 Å². The van der Waals surface area contributed by atoms with Gasteiger partial charge in [0.15, 0.2) is 0 Å². The fourth-order valence-corrected chi connectivity index (χ4v) is 4.16. The van der Waals surface area contributed by atoms with Gasteiger partial charge in [0.1, 0.15) is 5.82 Å². The normalized spacial score (nSPS) is 15.6. The number of rotatable bonds is 4. The molecule has 150 valence electrons. The van der Waals surface area contributed by atoms with Crippen molar-refractivity contribution in [1.29, 1.82) is 0 Å². The largest absolute Gasteiger partial charge is 0.383 e. The predicted octanol–water partition coefficient (Wildman–Crippen LogP) is 6.21. The maximum absolute atomic E-state index is 6.42. The molecule has 1 heterocycles. The minimum atomic E-state index is -0.159. The molecule has 1 fully saturated rings. The fourth-order valence-electron chi connectivity index (χ4n) is 4.16. The van der Waals surface area contributed by atoms with Crippen LogP contribution >= 0.6 is 0 Å². The van der Waals surface area contributed by atoms with Gasteiger partial charge in [-0.05, 0) is 41.4 Å². The molecular weight excluding hydrogens is 356 g/mol. The van der Waals surface area contributed by atoms with Crippen LogP contribution in [-0.2, 0) is 10.8 Å². The second-order valence-corrected chi connectivity index (χ2v) is 9.39. The number of nitrogens with zero attached hydrogens (tertiary/aromatic N) is 2. The summed E-state index contributed by atoms with van der Waals surface area (Å²) in [5, 5.41) is 3.35. The predicted molar refractivity (Wildman–Crippen MR) is 122 cm³/mol. The van der Waals surface area contributed by atoms with Crippen LogP contribution in [0.4, 0.5) is 17.5 Å². The first kappa shape index (κ1) is 19.4. The van der Waals surface area contributed by atoms with Crippen LogP contribution in [0, 0.1) is 0 Å². The SMILES string of the molecule is CC(C)(C)c1c(N)nc(Nc2ccc(C3(C)CCC3)cc2)nc1-c1ccccc1. The van der Waals surface area contributed by atoms with Crippen LogP contribution in [0.3, 0.4) is 0 Å². The van der Waals surface area contributed by atoms with Gasteiger partial charge < -0.3 is 11.1 Å². The Labute approximate surface area is 173 Å². The summed E-state index contributed by atoms with van der Waals surface area (Å²) in [6.07, 6.45) is 3.87. The first-order valence-corrected chi connectivity index (χ1v) is 10.4. The zero-order chi connectivity index (χ0) is 20.6. The molecule has 1 aliphatic carbocycles. The Morgan fingerprint density at radius 2 is 1.59 bits per heavy atom. The van der Waals surface area contributed by atoms with Gasteiger partial charge in [-0.15, -0.1) is 0 Å². The minimum absolute atomic E-state index is 0.159. The highest BCUT2D eigenvalue weighted by molar-refractivity contribution is 5.72. The molecule has 0 aliphatic heterocycles. The molecule has 0 radical (unpaired) electrons. The van der Waals surface area contributed by atoms with Gasteiger partial charge in [0.05, 0.1) is 5.69 Å². The van der Waals surface area contributed by atoms with E-state index in [1.165, 1.54) is 24.8 Å². The molecule has 0 amide bonds. The molecule has 3 aromatic rings. The molecule has 1 saturated carbocycles. The smallest absolute Gasteiger partial charge is 0.229 e. The van der Waals surface area contributed by atoms with Crippen molar-refractivity contribution in [2.75, 3.05) is 11.1 Å². The first-order chi connectivity index (χ1) is 13.8. The molecule has 0 saturated heterocycles. The number of nitrogens with one attached hydrogen (secondary N) is 1. The summed E-state index contributed by atoms with van der Waals surface area (Å²) in [5.74, 6) is 1.05. The Morgan fingerprint density at radius 1 is 0.931 bits per heavy atom. The molecule has 2 aromatic carbocycles. The second-order valence-electron chi connectivity index (χ2n) is 9.39. The standard InChI is InChI=1S/C25H30N4/c1-24(2,3)20-21(17-9-6-5-7-10-17)28-23(29-22(20)26)27-19-13-11-18(12-14-19)25(4)15-8-16-25/h5-7,9-14H,8,15-16H2,1-4H3,(H3,26,27,28,29). The van der Waals surface area contributed by atoms with Crippen LogP contribution in [0.5, 0.6) is 0 Å². The van der Waals surface area contributed by atoms with E-state index in [4.69, 9.17) is 10.7 Å². The molecular formula is C25H30N4. The van der Waals surface area contributed by atoms with Crippen molar-refractivity contribution in [1.82, 2.24) is 9.97 Å². The maximum Gasteiger partial charge on any atom is 0.229 e. The molecule has 1 aromatic heterocycles. The van der Waals surface area contributed by atoms with E-state index in [1.54, 1.807) is 0 Å². The van der Waals surface area contributed by atoms with Gasteiger partial charge >= 0.3 is 0 Å². The lowest BCUT2D eigenvalue weighted by atomic mass is 9.66. The Balaban J connectivity index is 1.69. The van der Waals surface area contributed by atoms with Gasteiger partial charge in [-0.3, -0.25) is 0 Å². The number of anilines is 3. The first-order valence-electron chi connectivity index (χ1n) is 10.4. The van der Waals surface area contributed by atoms with Gasteiger partial charge in [-0.1, -0.05) is 76.6 Å². The average molecular weight is 387 g/mol. The van der Waals surface area contributed by atoms with Crippen molar-refractivity contribution in [3.8, 4) is 11.3 Å². The van der Waals surface area contributed by atoms with Crippen molar-refractivity contribution in [2.45, 2.75) is 57.8 Å². The summed E-state index contributed by atoms with van der Waals surface area (Å²) >= 11 is 0. The summed E-state index contributed by atoms with van der Waals surface area (Å²) in [5.41, 5.74) is 11.9. The molecule has 1 aliphatic rings. The Morgan fingerprint density at radius 3 is 2.14 bits per heavy atom.